The van der Waals surface area contributed by atoms with Gasteiger partial charge in [0, 0.05) is 26.4 Å². The number of rotatable bonds is 46. The first-order chi connectivity index (χ1) is 34.0. The molecule has 412 valence electrons. The molecule has 10 unspecified atom stereocenters. The Morgan fingerprint density at radius 2 is 0.625 bits per heavy atom. The molecule has 0 amide bonds. The Kier molecular flexibility index (Phi) is 34.8. The van der Waals surface area contributed by atoms with E-state index < -0.39 is 149 Å². The van der Waals surface area contributed by atoms with E-state index in [1.54, 1.807) is 0 Å². The molecule has 0 saturated carbocycles. The van der Waals surface area contributed by atoms with Crippen LogP contribution in [0.2, 0.25) is 0 Å². The van der Waals surface area contributed by atoms with Gasteiger partial charge in [-0.1, -0.05) is 0 Å². The van der Waals surface area contributed by atoms with Gasteiger partial charge in [0.1, 0.15) is 50.7 Å². The maximum atomic E-state index is 11.7. The van der Waals surface area contributed by atoms with Crippen LogP contribution in [0.5, 0.6) is 0 Å². The summed E-state index contributed by atoms with van der Waals surface area (Å²) in [6.45, 7) is -0.726. The van der Waals surface area contributed by atoms with Gasteiger partial charge >= 0.3 is 59.7 Å². The van der Waals surface area contributed by atoms with Gasteiger partial charge in [-0.15, -0.1) is 58.8 Å². The Morgan fingerprint density at radius 3 is 0.917 bits per heavy atom. The van der Waals surface area contributed by atoms with Gasteiger partial charge in [-0.05, 0) is 60.9 Å². The number of thioether (sulfide) groups is 5. The van der Waals surface area contributed by atoms with Crippen LogP contribution in [0.3, 0.4) is 0 Å². The molecule has 1 heterocycles. The Hall–Kier alpha value is -3.79. The first-order valence-electron chi connectivity index (χ1n) is 22.0. The summed E-state index contributed by atoms with van der Waals surface area (Å²) < 4.78 is 37.6. The number of carboxylic acids is 10. The molecule has 0 aromatic carbocycles. The molecule has 0 spiro atoms. The molecule has 72 heavy (non-hydrogen) atoms. The molecular weight excluding hydrogens is 1070 g/mol. The lowest BCUT2D eigenvalue weighted by molar-refractivity contribution is -0.323. The Labute approximate surface area is 433 Å². The molecule has 10 atom stereocenters. The summed E-state index contributed by atoms with van der Waals surface area (Å²) in [4.78, 5) is 114. The van der Waals surface area contributed by atoms with Crippen LogP contribution in [-0.2, 0) is 76.4 Å². The summed E-state index contributed by atoms with van der Waals surface area (Å²) in [7, 11) is 0. The molecule has 1 aliphatic heterocycles. The van der Waals surface area contributed by atoms with Gasteiger partial charge in [0.05, 0.1) is 45.3 Å². The highest BCUT2D eigenvalue weighted by atomic mass is 32.2. The minimum atomic E-state index is -1.34. The van der Waals surface area contributed by atoms with Gasteiger partial charge in [0.15, 0.2) is 6.29 Å². The highest BCUT2D eigenvalue weighted by molar-refractivity contribution is 8.01. The fourth-order valence-corrected chi connectivity index (χ4v) is 11.0. The van der Waals surface area contributed by atoms with Crippen molar-refractivity contribution in [3.63, 3.8) is 0 Å². The standard InChI is InChI=1S/C41H62O26S5/c42-28(43)16-23(36(52)53)68-11-1-6-62-21-22-33(63-7-2-12-69-24(37(54)55)17-29(44)45)34(64-8-3-13-70-25(38(56)57)18-30(46)47)35(65-9-4-14-71-26(39(58)59)19-31(48)49)41(67-22)66-10-5-15-72-27(40(60)61)20-32(50)51/h22-27,33-35,41H,1-21H2,(H,42,43)(H,44,45)(H,46,47)(H,48,49)(H,50,51)(H,52,53)(H,54,55)(H,56,57)(H,58,59)(H,60,61). The van der Waals surface area contributed by atoms with Crippen molar-refractivity contribution < 1.29 is 127 Å². The summed E-state index contributed by atoms with van der Waals surface area (Å²) in [5.74, 6) is -12.6. The second-order valence-electron chi connectivity index (χ2n) is 15.2. The largest absolute Gasteiger partial charge is 0.481 e. The van der Waals surface area contributed by atoms with Crippen molar-refractivity contribution in [3.8, 4) is 0 Å². The van der Waals surface area contributed by atoms with E-state index in [0.29, 0.717) is 0 Å². The van der Waals surface area contributed by atoms with Crippen LogP contribution in [0.1, 0.15) is 64.2 Å². The van der Waals surface area contributed by atoms with Crippen LogP contribution >= 0.6 is 58.8 Å². The van der Waals surface area contributed by atoms with Gasteiger partial charge in [-0.3, -0.25) is 47.9 Å². The molecule has 1 saturated heterocycles. The number of carbonyl (C=O) groups is 10. The van der Waals surface area contributed by atoms with Crippen molar-refractivity contribution in [1.29, 1.82) is 0 Å². The Morgan fingerprint density at radius 1 is 0.361 bits per heavy atom. The fourth-order valence-electron chi connectivity index (χ4n) is 6.18. The third kappa shape index (κ3) is 29.8. The summed E-state index contributed by atoms with van der Waals surface area (Å²) in [5, 5.41) is 86.9. The van der Waals surface area contributed by atoms with Crippen LogP contribution in [0, 0.1) is 0 Å². The normalized spacial score (nSPS) is 19.8. The van der Waals surface area contributed by atoms with Crippen molar-refractivity contribution in [3.05, 3.63) is 0 Å². The van der Waals surface area contributed by atoms with Gasteiger partial charge in [-0.2, -0.15) is 0 Å². The predicted molar refractivity (Wildman–Crippen MR) is 258 cm³/mol. The molecule has 1 fully saturated rings. The van der Waals surface area contributed by atoms with Crippen LogP contribution in [0.4, 0.5) is 0 Å². The van der Waals surface area contributed by atoms with E-state index in [-0.39, 0.29) is 101 Å². The Balaban J connectivity index is 3.58. The SMILES string of the molecule is O=C(O)CC(SCCCOCC1OC(OCCCSC(CC(=O)O)C(=O)O)C(OCCCSC(CC(=O)O)C(=O)O)C(OCCCSC(CC(=O)O)C(=O)O)C1OCCCSC(CC(=O)O)C(=O)O)C(=O)O. The van der Waals surface area contributed by atoms with Crippen molar-refractivity contribution in [2.24, 2.45) is 0 Å². The fraction of sp³-hybridized carbons (Fsp3) is 0.756. The molecular formula is C41H62O26S5. The second-order valence-corrected chi connectivity index (χ2v) is 21.8. The smallest absolute Gasteiger partial charge is 0.317 e. The molecule has 31 heteroatoms. The predicted octanol–water partition coefficient (Wildman–Crippen LogP) is 2.16. The van der Waals surface area contributed by atoms with Crippen molar-refractivity contribution in [1.82, 2.24) is 0 Å². The number of hydrogen-bond donors (Lipinski definition) is 10. The monoisotopic (exact) mass is 1130 g/mol. The molecule has 10 N–H and O–H groups in total. The number of aliphatic carboxylic acids is 10. The zero-order valence-corrected chi connectivity index (χ0v) is 42.8. The van der Waals surface area contributed by atoms with E-state index in [9.17, 15) is 78.6 Å². The van der Waals surface area contributed by atoms with Crippen LogP contribution in [0.15, 0.2) is 0 Å². The summed E-state index contributed by atoms with van der Waals surface area (Å²) in [6, 6.07) is 0. The topological polar surface area (TPSA) is 428 Å². The zero-order chi connectivity index (χ0) is 54.2. The van der Waals surface area contributed by atoms with E-state index in [4.69, 9.17) is 48.8 Å². The second kappa shape index (κ2) is 37.9. The third-order valence-electron chi connectivity index (χ3n) is 9.45. The molecule has 0 aliphatic carbocycles. The van der Waals surface area contributed by atoms with E-state index in [0.717, 1.165) is 58.8 Å². The van der Waals surface area contributed by atoms with E-state index in [2.05, 4.69) is 0 Å². The zero-order valence-electron chi connectivity index (χ0n) is 38.7. The first kappa shape index (κ1) is 66.2. The van der Waals surface area contributed by atoms with E-state index in [1.165, 1.54) is 0 Å². The molecule has 0 bridgehead atoms. The van der Waals surface area contributed by atoms with Crippen LogP contribution < -0.4 is 0 Å². The lowest BCUT2D eigenvalue weighted by Crippen LogP contribution is -2.62. The molecule has 1 aliphatic rings. The van der Waals surface area contributed by atoms with Gasteiger partial charge in [-0.25, -0.2) is 0 Å². The maximum Gasteiger partial charge on any atom is 0.317 e. The van der Waals surface area contributed by atoms with Crippen LogP contribution in [-0.4, -0.2) is 236 Å². The summed E-state index contributed by atoms with van der Waals surface area (Å²) in [6.07, 6.45) is -8.24. The minimum Gasteiger partial charge on any atom is -0.481 e. The van der Waals surface area contributed by atoms with Gasteiger partial charge < -0.3 is 79.5 Å². The highest BCUT2D eigenvalue weighted by Gasteiger charge is 2.49. The lowest BCUT2D eigenvalue weighted by Gasteiger charge is -2.46. The Bertz CT molecular complexity index is 1740. The average Bonchev–Trinajstić information content (AvgIpc) is 3.27. The van der Waals surface area contributed by atoms with E-state index >= 15 is 0 Å². The molecule has 1 rings (SSSR count). The van der Waals surface area contributed by atoms with E-state index in [1.807, 2.05) is 0 Å². The van der Waals surface area contributed by atoms with Crippen LogP contribution in [0.25, 0.3) is 0 Å². The number of hydrogen-bond acceptors (Lipinski definition) is 21. The molecule has 0 radical (unpaired) electrons. The minimum absolute atomic E-state index is 0.000261. The number of carboxylic acid groups (broad SMARTS) is 10. The summed E-state index contributed by atoms with van der Waals surface area (Å²) in [5.41, 5.74) is 0. The van der Waals surface area contributed by atoms with Gasteiger partial charge in [0.2, 0.25) is 0 Å². The quantitative estimate of drug-likeness (QED) is 0.0390. The van der Waals surface area contributed by atoms with Crippen molar-refractivity contribution in [2.45, 2.75) is 121 Å². The molecule has 26 nitrogen and oxygen atoms in total. The lowest BCUT2D eigenvalue weighted by atomic mass is 9.98. The van der Waals surface area contributed by atoms with Crippen molar-refractivity contribution in [2.75, 3.05) is 68.4 Å². The third-order valence-corrected chi connectivity index (χ3v) is 15.9. The molecule has 0 aromatic rings. The van der Waals surface area contributed by atoms with Gasteiger partial charge in [0.25, 0.3) is 0 Å². The first-order valence-corrected chi connectivity index (χ1v) is 27.3. The van der Waals surface area contributed by atoms with Crippen molar-refractivity contribution >= 4 is 119 Å². The highest BCUT2D eigenvalue weighted by Crippen LogP contribution is 2.31. The summed E-state index contributed by atoms with van der Waals surface area (Å²) >= 11 is 4.34. The molecule has 0 aromatic heterocycles. The average molecular weight is 1130 g/mol. The number of ether oxygens (including phenoxy) is 6. The maximum absolute atomic E-state index is 11.7.